The minimum atomic E-state index is -0.939. The predicted octanol–water partition coefficient (Wildman–Crippen LogP) is 4.97. The van der Waals surface area contributed by atoms with E-state index in [4.69, 9.17) is 10.2 Å². The van der Waals surface area contributed by atoms with Gasteiger partial charge < -0.3 is 10.2 Å². The van der Waals surface area contributed by atoms with Crippen LogP contribution in [0.2, 0.25) is 0 Å². The molecule has 0 saturated carbocycles. The highest BCUT2D eigenvalue weighted by Gasteiger charge is 1.90. The summed E-state index contributed by atoms with van der Waals surface area (Å²) >= 11 is 0. The van der Waals surface area contributed by atoms with Gasteiger partial charge in [0.1, 0.15) is 0 Å². The third-order valence-electron chi connectivity index (χ3n) is 3.18. The van der Waals surface area contributed by atoms with Crippen molar-refractivity contribution in [2.75, 3.05) is 6.61 Å². The zero-order chi connectivity index (χ0) is 17.0. The first-order valence-electron chi connectivity index (χ1n) is 8.44. The van der Waals surface area contributed by atoms with Crippen LogP contribution in [0.15, 0.2) is 60.8 Å². The van der Waals surface area contributed by atoms with Gasteiger partial charge in [-0.2, -0.15) is 0 Å². The van der Waals surface area contributed by atoms with Gasteiger partial charge in [0.15, 0.2) is 0 Å². The quantitative estimate of drug-likeness (QED) is 0.270. The van der Waals surface area contributed by atoms with Crippen LogP contribution < -0.4 is 0 Å². The van der Waals surface area contributed by atoms with Gasteiger partial charge in [0.25, 0.3) is 0 Å². The van der Waals surface area contributed by atoms with Gasteiger partial charge in [0, 0.05) is 12.7 Å². The van der Waals surface area contributed by atoms with E-state index in [0.29, 0.717) is 6.61 Å². The number of unbranched alkanes of at least 4 members (excludes halogenated alkanes) is 7. The lowest BCUT2D eigenvalue weighted by atomic mass is 10.1. The summed E-state index contributed by atoms with van der Waals surface area (Å²) in [6.07, 6.45) is 27.5. The number of aliphatic hydroxyl groups is 1. The largest absolute Gasteiger partial charge is 0.478 e. The Kier molecular flexibility index (Phi) is 16.7. The van der Waals surface area contributed by atoms with Crippen LogP contribution in [-0.4, -0.2) is 22.8 Å². The van der Waals surface area contributed by atoms with Crippen LogP contribution in [0.5, 0.6) is 0 Å². The van der Waals surface area contributed by atoms with Crippen molar-refractivity contribution < 1.29 is 15.0 Å². The van der Waals surface area contributed by atoms with Crippen molar-refractivity contribution in [1.29, 1.82) is 0 Å². The lowest BCUT2D eigenvalue weighted by Crippen LogP contribution is -1.84. The van der Waals surface area contributed by atoms with E-state index >= 15 is 0 Å². The smallest absolute Gasteiger partial charge is 0.328 e. The Bertz CT molecular complexity index is 415. The zero-order valence-corrected chi connectivity index (χ0v) is 13.9. The van der Waals surface area contributed by atoms with E-state index in [2.05, 4.69) is 12.2 Å². The molecule has 0 aliphatic carbocycles. The zero-order valence-electron chi connectivity index (χ0n) is 13.9. The number of aliphatic carboxylic acids is 1. The number of hydrogen-bond acceptors (Lipinski definition) is 2. The maximum Gasteiger partial charge on any atom is 0.328 e. The van der Waals surface area contributed by atoms with Crippen LogP contribution in [0.4, 0.5) is 0 Å². The first kappa shape index (κ1) is 21.1. The Morgan fingerprint density at radius 3 is 1.70 bits per heavy atom. The average Bonchev–Trinajstić information content (AvgIpc) is 2.53. The van der Waals surface area contributed by atoms with Crippen LogP contribution in [0.1, 0.15) is 51.4 Å². The van der Waals surface area contributed by atoms with Gasteiger partial charge in [-0.3, -0.25) is 0 Å². The lowest BCUT2D eigenvalue weighted by molar-refractivity contribution is -0.131. The molecule has 0 aromatic heterocycles. The van der Waals surface area contributed by atoms with E-state index in [1.54, 1.807) is 12.2 Å². The van der Waals surface area contributed by atoms with Gasteiger partial charge >= 0.3 is 5.97 Å². The van der Waals surface area contributed by atoms with Crippen LogP contribution in [0.3, 0.4) is 0 Å². The van der Waals surface area contributed by atoms with Gasteiger partial charge in [0.05, 0.1) is 0 Å². The Labute approximate surface area is 140 Å². The van der Waals surface area contributed by atoms with Crippen LogP contribution in [0.25, 0.3) is 0 Å². The maximum atomic E-state index is 10.2. The number of allylic oxidation sites excluding steroid dienone is 9. The van der Waals surface area contributed by atoms with Crippen molar-refractivity contribution in [2.45, 2.75) is 51.4 Å². The molecular formula is C20H30O3. The Morgan fingerprint density at radius 2 is 1.13 bits per heavy atom. The summed E-state index contributed by atoms with van der Waals surface area (Å²) in [7, 11) is 0. The van der Waals surface area contributed by atoms with Crippen LogP contribution in [-0.2, 0) is 4.79 Å². The Hall–Kier alpha value is -1.87. The number of carboxylic acid groups (broad SMARTS) is 1. The number of rotatable bonds is 14. The predicted molar refractivity (Wildman–Crippen MR) is 97.4 cm³/mol. The van der Waals surface area contributed by atoms with Gasteiger partial charge in [0.2, 0.25) is 0 Å². The van der Waals surface area contributed by atoms with E-state index in [0.717, 1.165) is 25.3 Å². The highest BCUT2D eigenvalue weighted by atomic mass is 16.4. The molecular weight excluding hydrogens is 288 g/mol. The first-order chi connectivity index (χ1) is 11.3. The molecule has 0 aliphatic heterocycles. The fourth-order valence-electron chi connectivity index (χ4n) is 1.96. The second-order valence-corrected chi connectivity index (χ2v) is 5.27. The molecule has 3 nitrogen and oxygen atoms in total. The fraction of sp³-hybridized carbons (Fsp3) is 0.450. The number of hydrogen-bond donors (Lipinski definition) is 2. The van der Waals surface area contributed by atoms with Gasteiger partial charge in [-0.15, -0.1) is 0 Å². The van der Waals surface area contributed by atoms with E-state index in [1.165, 1.54) is 38.2 Å². The number of carbonyl (C=O) groups is 1. The third-order valence-corrected chi connectivity index (χ3v) is 3.18. The summed E-state index contributed by atoms with van der Waals surface area (Å²) in [5.41, 5.74) is 0. The summed E-state index contributed by atoms with van der Waals surface area (Å²) in [6, 6.07) is 0. The van der Waals surface area contributed by atoms with Crippen molar-refractivity contribution >= 4 is 5.97 Å². The molecule has 0 bridgehead atoms. The number of aliphatic hydroxyl groups excluding tert-OH is 1. The molecule has 0 fully saturated rings. The van der Waals surface area contributed by atoms with Crippen molar-refractivity contribution in [2.24, 2.45) is 0 Å². The molecule has 0 heterocycles. The molecule has 0 aromatic rings. The van der Waals surface area contributed by atoms with Gasteiger partial charge in [-0.25, -0.2) is 4.79 Å². The summed E-state index contributed by atoms with van der Waals surface area (Å²) < 4.78 is 0. The third kappa shape index (κ3) is 20.1. The van der Waals surface area contributed by atoms with E-state index in [1.807, 2.05) is 24.3 Å². The van der Waals surface area contributed by atoms with E-state index in [9.17, 15) is 4.79 Å². The average molecular weight is 318 g/mol. The molecule has 0 saturated heterocycles. The second kappa shape index (κ2) is 18.2. The minimum absolute atomic E-state index is 0.325. The topological polar surface area (TPSA) is 57.5 Å². The normalized spacial score (nSPS) is 12.7. The molecule has 23 heavy (non-hydrogen) atoms. The maximum absolute atomic E-state index is 10.2. The molecule has 0 unspecified atom stereocenters. The minimum Gasteiger partial charge on any atom is -0.478 e. The number of carboxylic acids is 1. The molecule has 128 valence electrons. The molecule has 0 spiro atoms. The van der Waals surface area contributed by atoms with Crippen LogP contribution in [0, 0.1) is 0 Å². The van der Waals surface area contributed by atoms with E-state index in [-0.39, 0.29) is 0 Å². The van der Waals surface area contributed by atoms with Crippen molar-refractivity contribution in [3.8, 4) is 0 Å². The highest BCUT2D eigenvalue weighted by molar-refractivity contribution is 5.80. The fourth-order valence-corrected chi connectivity index (χ4v) is 1.96. The summed E-state index contributed by atoms with van der Waals surface area (Å²) in [5.74, 6) is -0.939. The summed E-state index contributed by atoms with van der Waals surface area (Å²) in [5, 5.41) is 17.0. The molecule has 0 aromatic carbocycles. The SMILES string of the molecule is O=C(O)C=CC=CC=CC=CC=CCCCCCCCCCO. The molecule has 3 heteroatoms. The van der Waals surface area contributed by atoms with Crippen molar-refractivity contribution in [3.05, 3.63) is 60.8 Å². The van der Waals surface area contributed by atoms with E-state index < -0.39 is 5.97 Å². The Balaban J connectivity index is 3.47. The summed E-state index contributed by atoms with van der Waals surface area (Å²) in [6.45, 7) is 0.325. The van der Waals surface area contributed by atoms with Crippen molar-refractivity contribution in [1.82, 2.24) is 0 Å². The molecule has 0 rings (SSSR count). The molecule has 0 atom stereocenters. The van der Waals surface area contributed by atoms with Crippen molar-refractivity contribution in [3.63, 3.8) is 0 Å². The van der Waals surface area contributed by atoms with Gasteiger partial charge in [-0.1, -0.05) is 86.8 Å². The second-order valence-electron chi connectivity index (χ2n) is 5.27. The highest BCUT2D eigenvalue weighted by Crippen LogP contribution is 2.08. The molecule has 2 N–H and O–H groups in total. The van der Waals surface area contributed by atoms with Crippen LogP contribution >= 0.6 is 0 Å². The summed E-state index contributed by atoms with van der Waals surface area (Å²) in [4.78, 5) is 10.2. The Morgan fingerprint density at radius 1 is 0.652 bits per heavy atom. The lowest BCUT2D eigenvalue weighted by Gasteiger charge is -1.99. The molecule has 0 aliphatic rings. The standard InChI is InChI=1S/C20H30O3/c21-19-17-15-13-11-9-7-5-3-1-2-4-6-8-10-12-14-16-18-20(22)23/h1-2,4,6,8,10,12,14,16,18,21H,3,5,7,9,11,13,15,17,19H2,(H,22,23). The molecule has 0 amide bonds. The van der Waals surface area contributed by atoms with Gasteiger partial charge in [-0.05, 0) is 19.3 Å². The monoisotopic (exact) mass is 318 g/mol. The first-order valence-corrected chi connectivity index (χ1v) is 8.44. The molecule has 0 radical (unpaired) electrons.